The van der Waals surface area contributed by atoms with Gasteiger partial charge in [-0.05, 0) is 18.4 Å². The summed E-state index contributed by atoms with van der Waals surface area (Å²) in [7, 11) is -3.54. The highest BCUT2D eigenvalue weighted by molar-refractivity contribution is 7.87. The van der Waals surface area contributed by atoms with Gasteiger partial charge in [-0.15, -0.1) is 0 Å². The topological polar surface area (TPSA) is 88.3 Å². The Bertz CT molecular complexity index is 789. The fourth-order valence-corrected chi connectivity index (χ4v) is 4.15. The van der Waals surface area contributed by atoms with Gasteiger partial charge in [0.1, 0.15) is 0 Å². The summed E-state index contributed by atoms with van der Waals surface area (Å²) in [6.45, 7) is 5.15. The third-order valence-corrected chi connectivity index (χ3v) is 5.87. The standard InChI is InChI=1S/C17H24N4O3S/c1-13(2)16-19-17(24-20-16)15-9-6-10-21(12-15)25(22,23)18-11-14-7-4-3-5-8-14/h3-5,7-8,13,15,18H,6,9-12H2,1-2H3/t15-/m1/s1. The number of rotatable bonds is 6. The van der Waals surface area contributed by atoms with Crippen LogP contribution in [0.25, 0.3) is 0 Å². The maximum Gasteiger partial charge on any atom is 0.279 e. The largest absolute Gasteiger partial charge is 0.339 e. The Labute approximate surface area is 148 Å². The molecule has 0 saturated carbocycles. The molecule has 1 fully saturated rings. The average molecular weight is 364 g/mol. The van der Waals surface area contributed by atoms with E-state index in [-0.39, 0.29) is 18.4 Å². The van der Waals surface area contributed by atoms with Crippen LogP contribution in [0.15, 0.2) is 34.9 Å². The summed E-state index contributed by atoms with van der Waals surface area (Å²) >= 11 is 0. The van der Waals surface area contributed by atoms with Crippen LogP contribution >= 0.6 is 0 Å². The molecule has 3 rings (SSSR count). The molecule has 1 aliphatic heterocycles. The summed E-state index contributed by atoms with van der Waals surface area (Å²) in [5.74, 6) is 1.33. The van der Waals surface area contributed by atoms with E-state index in [1.54, 1.807) is 0 Å². The minimum Gasteiger partial charge on any atom is -0.339 e. The zero-order chi connectivity index (χ0) is 17.9. The molecular weight excluding hydrogens is 340 g/mol. The van der Waals surface area contributed by atoms with Crippen molar-refractivity contribution in [3.8, 4) is 0 Å². The minimum absolute atomic E-state index is 0.0537. The fourth-order valence-electron chi connectivity index (χ4n) is 2.87. The third-order valence-electron chi connectivity index (χ3n) is 4.35. The number of piperidine rings is 1. The van der Waals surface area contributed by atoms with Gasteiger partial charge in [0.2, 0.25) is 5.89 Å². The summed E-state index contributed by atoms with van der Waals surface area (Å²) in [5, 5.41) is 3.98. The van der Waals surface area contributed by atoms with Crippen molar-refractivity contribution >= 4 is 10.2 Å². The summed E-state index contributed by atoms with van der Waals surface area (Å²) in [5.41, 5.74) is 0.929. The molecule has 1 aliphatic rings. The van der Waals surface area contributed by atoms with E-state index in [2.05, 4.69) is 14.9 Å². The van der Waals surface area contributed by atoms with Gasteiger partial charge in [0, 0.05) is 25.6 Å². The highest BCUT2D eigenvalue weighted by Gasteiger charge is 2.32. The second-order valence-corrected chi connectivity index (χ2v) is 8.41. The fraction of sp³-hybridized carbons (Fsp3) is 0.529. The first-order valence-corrected chi connectivity index (χ1v) is 10.0. The van der Waals surface area contributed by atoms with Gasteiger partial charge in [0.15, 0.2) is 5.82 Å². The molecule has 7 nitrogen and oxygen atoms in total. The predicted octanol–water partition coefficient (Wildman–Crippen LogP) is 2.41. The first-order valence-electron chi connectivity index (χ1n) is 8.58. The summed E-state index contributed by atoms with van der Waals surface area (Å²) < 4.78 is 34.7. The van der Waals surface area contributed by atoms with Gasteiger partial charge in [0.25, 0.3) is 10.2 Å². The maximum atomic E-state index is 12.6. The summed E-state index contributed by atoms with van der Waals surface area (Å²) in [4.78, 5) is 4.42. The Hall–Kier alpha value is -1.77. The smallest absolute Gasteiger partial charge is 0.279 e. The van der Waals surface area contributed by atoms with Crippen LogP contribution in [0.3, 0.4) is 0 Å². The van der Waals surface area contributed by atoms with E-state index in [1.807, 2.05) is 44.2 Å². The van der Waals surface area contributed by atoms with Crippen LogP contribution in [0.1, 0.15) is 55.8 Å². The monoisotopic (exact) mass is 364 g/mol. The first kappa shape index (κ1) is 18.0. The van der Waals surface area contributed by atoms with Gasteiger partial charge in [-0.1, -0.05) is 49.3 Å². The van der Waals surface area contributed by atoms with Gasteiger partial charge in [-0.25, -0.2) is 0 Å². The Morgan fingerprint density at radius 3 is 2.76 bits per heavy atom. The lowest BCUT2D eigenvalue weighted by molar-refractivity contribution is 0.263. The minimum atomic E-state index is -3.54. The van der Waals surface area contributed by atoms with E-state index >= 15 is 0 Å². The molecule has 1 aromatic carbocycles. The van der Waals surface area contributed by atoms with Crippen molar-refractivity contribution in [1.29, 1.82) is 0 Å². The Morgan fingerprint density at radius 1 is 1.32 bits per heavy atom. The van der Waals surface area contributed by atoms with E-state index in [0.717, 1.165) is 18.4 Å². The molecule has 2 heterocycles. The number of hydrogen-bond acceptors (Lipinski definition) is 5. The van der Waals surface area contributed by atoms with Crippen molar-refractivity contribution in [2.24, 2.45) is 0 Å². The van der Waals surface area contributed by atoms with Crippen LogP contribution in [0.2, 0.25) is 0 Å². The molecule has 8 heteroatoms. The molecule has 136 valence electrons. The van der Waals surface area contributed by atoms with E-state index in [1.165, 1.54) is 4.31 Å². The molecule has 0 aliphatic carbocycles. The molecule has 1 atom stereocenters. The number of aromatic nitrogens is 2. The van der Waals surface area contributed by atoms with Crippen LogP contribution in [0.4, 0.5) is 0 Å². The van der Waals surface area contributed by atoms with Gasteiger partial charge in [-0.2, -0.15) is 22.4 Å². The van der Waals surface area contributed by atoms with Crippen molar-refractivity contribution in [3.63, 3.8) is 0 Å². The number of nitrogens with one attached hydrogen (secondary N) is 1. The lowest BCUT2D eigenvalue weighted by Gasteiger charge is -2.30. The first-order chi connectivity index (χ1) is 12.0. The quantitative estimate of drug-likeness (QED) is 0.850. The Morgan fingerprint density at radius 2 is 2.08 bits per heavy atom. The molecule has 0 amide bonds. The highest BCUT2D eigenvalue weighted by Crippen LogP contribution is 2.27. The molecular formula is C17H24N4O3S. The number of hydrogen-bond donors (Lipinski definition) is 1. The molecule has 25 heavy (non-hydrogen) atoms. The lowest BCUT2D eigenvalue weighted by Crippen LogP contribution is -2.45. The molecule has 0 radical (unpaired) electrons. The van der Waals surface area contributed by atoms with Gasteiger partial charge in [0.05, 0.1) is 5.92 Å². The maximum absolute atomic E-state index is 12.6. The normalized spacial score (nSPS) is 19.4. The molecule has 1 N–H and O–H groups in total. The summed E-state index contributed by atoms with van der Waals surface area (Å²) in [6, 6.07) is 9.48. The van der Waals surface area contributed by atoms with Crippen molar-refractivity contribution in [3.05, 3.63) is 47.6 Å². The Balaban J connectivity index is 1.65. The number of benzene rings is 1. The van der Waals surface area contributed by atoms with E-state index in [9.17, 15) is 8.42 Å². The van der Waals surface area contributed by atoms with Crippen molar-refractivity contribution in [1.82, 2.24) is 19.2 Å². The second-order valence-electron chi connectivity index (χ2n) is 6.65. The molecule has 0 unspecified atom stereocenters. The Kier molecular flexibility index (Phi) is 5.51. The molecule has 1 saturated heterocycles. The van der Waals surface area contributed by atoms with Crippen molar-refractivity contribution in [2.75, 3.05) is 13.1 Å². The SMILES string of the molecule is CC(C)c1noc([C@@H]2CCCN(S(=O)(=O)NCc3ccccc3)C2)n1. The van der Waals surface area contributed by atoms with Crippen LogP contribution in [-0.2, 0) is 16.8 Å². The van der Waals surface area contributed by atoms with E-state index in [4.69, 9.17) is 4.52 Å². The van der Waals surface area contributed by atoms with Crippen LogP contribution in [0, 0.1) is 0 Å². The third kappa shape index (κ3) is 4.45. The van der Waals surface area contributed by atoms with E-state index < -0.39 is 10.2 Å². The molecule has 0 bridgehead atoms. The molecule has 0 spiro atoms. The van der Waals surface area contributed by atoms with Crippen LogP contribution < -0.4 is 4.72 Å². The van der Waals surface area contributed by atoms with E-state index in [0.29, 0.717) is 24.8 Å². The second kappa shape index (κ2) is 7.63. The lowest BCUT2D eigenvalue weighted by atomic mass is 10.00. The van der Waals surface area contributed by atoms with Crippen molar-refractivity contribution in [2.45, 2.75) is 45.1 Å². The van der Waals surface area contributed by atoms with Gasteiger partial charge < -0.3 is 4.52 Å². The van der Waals surface area contributed by atoms with Gasteiger partial charge >= 0.3 is 0 Å². The van der Waals surface area contributed by atoms with Crippen LogP contribution in [0.5, 0.6) is 0 Å². The highest BCUT2D eigenvalue weighted by atomic mass is 32.2. The summed E-state index contributed by atoms with van der Waals surface area (Å²) in [6.07, 6.45) is 1.63. The molecule has 1 aromatic heterocycles. The zero-order valence-corrected chi connectivity index (χ0v) is 15.4. The zero-order valence-electron chi connectivity index (χ0n) is 14.6. The molecule has 2 aromatic rings. The number of nitrogens with zero attached hydrogens (tertiary/aromatic N) is 3. The van der Waals surface area contributed by atoms with Crippen molar-refractivity contribution < 1.29 is 12.9 Å². The van der Waals surface area contributed by atoms with Gasteiger partial charge in [-0.3, -0.25) is 0 Å². The van der Waals surface area contributed by atoms with Crippen LogP contribution in [-0.4, -0.2) is 36.0 Å². The average Bonchev–Trinajstić information content (AvgIpc) is 3.12. The predicted molar refractivity (Wildman–Crippen MR) is 94.1 cm³/mol.